The largest absolute Gasteiger partial charge is 0.465 e. The van der Waals surface area contributed by atoms with E-state index in [1.807, 2.05) is 0 Å². The van der Waals surface area contributed by atoms with Gasteiger partial charge in [0.2, 0.25) is 0 Å². The molecule has 11 heteroatoms. The maximum atomic E-state index is 11.9. The zero-order valence-electron chi connectivity index (χ0n) is 18.9. The van der Waals surface area contributed by atoms with Crippen molar-refractivity contribution >= 4 is 29.8 Å². The van der Waals surface area contributed by atoms with Gasteiger partial charge < -0.3 is 28.4 Å². The first kappa shape index (κ1) is 25.8. The van der Waals surface area contributed by atoms with Crippen molar-refractivity contribution in [1.29, 1.82) is 0 Å². The van der Waals surface area contributed by atoms with Crippen molar-refractivity contribution in [3.8, 4) is 0 Å². The lowest BCUT2D eigenvalue weighted by Gasteiger charge is -2.44. The predicted molar refractivity (Wildman–Crippen MR) is 109 cm³/mol. The van der Waals surface area contributed by atoms with Crippen LogP contribution in [0.1, 0.15) is 49.7 Å². The fraction of sp³-hybridized carbons (Fsp3) is 0.500. The van der Waals surface area contributed by atoms with E-state index in [1.54, 1.807) is 12.1 Å². The average Bonchev–Trinajstić information content (AvgIpc) is 2.73. The first-order chi connectivity index (χ1) is 15.5. The molecule has 0 aromatic heterocycles. The topological polar surface area (TPSA) is 141 Å². The van der Waals surface area contributed by atoms with Gasteiger partial charge in [-0.05, 0) is 17.7 Å². The van der Waals surface area contributed by atoms with Gasteiger partial charge in [0.05, 0.1) is 12.7 Å². The number of hydrogen-bond acceptors (Lipinski definition) is 11. The molecule has 180 valence electrons. The lowest BCUT2D eigenvalue weighted by atomic mass is 9.90. The molecule has 0 bridgehead atoms. The molecule has 1 aromatic rings. The minimum Gasteiger partial charge on any atom is -0.465 e. The van der Waals surface area contributed by atoms with E-state index in [-0.39, 0.29) is 12.2 Å². The maximum Gasteiger partial charge on any atom is 0.337 e. The Labute approximate surface area is 190 Å². The van der Waals surface area contributed by atoms with Crippen LogP contribution in [0.4, 0.5) is 0 Å². The van der Waals surface area contributed by atoms with Gasteiger partial charge in [0, 0.05) is 27.7 Å². The molecule has 0 radical (unpaired) electrons. The molecule has 1 unspecified atom stereocenters. The van der Waals surface area contributed by atoms with E-state index in [0.29, 0.717) is 5.56 Å². The van der Waals surface area contributed by atoms with Crippen LogP contribution in [0.15, 0.2) is 24.3 Å². The molecule has 0 amide bonds. The lowest BCUT2D eigenvalue weighted by Crippen LogP contribution is -2.59. The molecule has 11 nitrogen and oxygen atoms in total. The van der Waals surface area contributed by atoms with Crippen molar-refractivity contribution in [3.63, 3.8) is 0 Å². The normalized spacial score (nSPS) is 24.2. The highest BCUT2D eigenvalue weighted by molar-refractivity contribution is 5.89. The Morgan fingerprint density at radius 1 is 0.758 bits per heavy atom. The molecule has 1 aliphatic rings. The van der Waals surface area contributed by atoms with Gasteiger partial charge in [-0.3, -0.25) is 19.2 Å². The zero-order valence-corrected chi connectivity index (χ0v) is 18.9. The number of hydrogen-bond donors (Lipinski definition) is 0. The third-order valence-electron chi connectivity index (χ3n) is 4.65. The molecule has 0 spiro atoms. The van der Waals surface area contributed by atoms with Gasteiger partial charge in [-0.1, -0.05) is 12.1 Å². The van der Waals surface area contributed by atoms with Gasteiger partial charge in [0.15, 0.2) is 18.3 Å². The van der Waals surface area contributed by atoms with E-state index in [0.717, 1.165) is 20.8 Å². The zero-order chi connectivity index (χ0) is 24.7. The number of carbonyl (C=O) groups excluding carboxylic acids is 5. The van der Waals surface area contributed by atoms with Crippen molar-refractivity contribution in [1.82, 2.24) is 0 Å². The van der Waals surface area contributed by atoms with Crippen LogP contribution in [0.5, 0.6) is 0 Å². The van der Waals surface area contributed by atoms with E-state index in [9.17, 15) is 24.0 Å². The van der Waals surface area contributed by atoms with Gasteiger partial charge in [0.1, 0.15) is 18.8 Å². The second-order valence-electron chi connectivity index (χ2n) is 7.23. The van der Waals surface area contributed by atoms with E-state index < -0.39 is 60.4 Å². The lowest BCUT2D eigenvalue weighted by molar-refractivity contribution is -0.254. The first-order valence-electron chi connectivity index (χ1n) is 10.0. The molecule has 1 aromatic carbocycles. The quantitative estimate of drug-likeness (QED) is 0.424. The fourth-order valence-corrected chi connectivity index (χ4v) is 3.42. The summed E-state index contributed by atoms with van der Waals surface area (Å²) in [6, 6.07) is 6.06. The standard InChI is InChI=1S/C22H26O11/c1-11(23)29-10-17-19(30-12(2)24)21(32-14(4)26)20(31-13(3)25)18(33-17)15-6-8-16(9-7-15)22(27)28-5/h6-9,17-21H,10H2,1-5H3/t17-,18?,19-,20+,21+/m1/s1. The highest BCUT2D eigenvalue weighted by atomic mass is 16.7. The number of carbonyl (C=O) groups is 5. The summed E-state index contributed by atoms with van der Waals surface area (Å²) in [7, 11) is 1.25. The Bertz CT molecular complexity index is 892. The summed E-state index contributed by atoms with van der Waals surface area (Å²) in [6.07, 6.45) is -5.79. The van der Waals surface area contributed by atoms with Crippen LogP contribution in [-0.4, -0.2) is 68.0 Å². The van der Waals surface area contributed by atoms with Gasteiger partial charge in [-0.15, -0.1) is 0 Å². The molecule has 1 heterocycles. The molecular weight excluding hydrogens is 440 g/mol. The number of esters is 5. The number of benzene rings is 1. The van der Waals surface area contributed by atoms with Crippen molar-refractivity contribution < 1.29 is 52.4 Å². The van der Waals surface area contributed by atoms with Gasteiger partial charge in [-0.25, -0.2) is 4.79 Å². The Morgan fingerprint density at radius 2 is 1.27 bits per heavy atom. The molecule has 0 saturated carbocycles. The third kappa shape index (κ3) is 7.01. The van der Waals surface area contributed by atoms with Gasteiger partial charge in [0.25, 0.3) is 0 Å². The van der Waals surface area contributed by atoms with Crippen LogP contribution in [0.3, 0.4) is 0 Å². The van der Waals surface area contributed by atoms with Crippen LogP contribution in [0, 0.1) is 0 Å². The Balaban J connectivity index is 2.53. The average molecular weight is 466 g/mol. The summed E-state index contributed by atoms with van der Waals surface area (Å²) >= 11 is 0. The molecule has 1 saturated heterocycles. The van der Waals surface area contributed by atoms with E-state index in [1.165, 1.54) is 26.2 Å². The van der Waals surface area contributed by atoms with Crippen LogP contribution in [0.25, 0.3) is 0 Å². The highest BCUT2D eigenvalue weighted by Gasteiger charge is 2.52. The number of methoxy groups -OCH3 is 1. The molecule has 0 aliphatic carbocycles. The predicted octanol–water partition coefficient (Wildman–Crippen LogP) is 1.27. The van der Waals surface area contributed by atoms with Crippen LogP contribution in [0.2, 0.25) is 0 Å². The fourth-order valence-electron chi connectivity index (χ4n) is 3.42. The monoisotopic (exact) mass is 466 g/mol. The van der Waals surface area contributed by atoms with Crippen molar-refractivity contribution in [2.24, 2.45) is 0 Å². The van der Waals surface area contributed by atoms with Gasteiger partial charge in [-0.2, -0.15) is 0 Å². The number of ether oxygens (including phenoxy) is 6. The SMILES string of the molecule is COC(=O)c1ccc(C2O[C@H](COC(C)=O)[C@@H](OC(C)=O)[C@H](OC(C)=O)[C@H]2OC(C)=O)cc1. The molecular formula is C22H26O11. The summed E-state index contributed by atoms with van der Waals surface area (Å²) in [5.41, 5.74) is 0.729. The maximum absolute atomic E-state index is 11.9. The third-order valence-corrected chi connectivity index (χ3v) is 4.65. The molecule has 2 rings (SSSR count). The van der Waals surface area contributed by atoms with Crippen LogP contribution >= 0.6 is 0 Å². The molecule has 1 fully saturated rings. The van der Waals surface area contributed by atoms with E-state index >= 15 is 0 Å². The summed E-state index contributed by atoms with van der Waals surface area (Å²) in [5.74, 6) is -3.29. The second kappa shape index (κ2) is 11.4. The summed E-state index contributed by atoms with van der Waals surface area (Å²) in [4.78, 5) is 58.6. The second-order valence-corrected chi connectivity index (χ2v) is 7.23. The van der Waals surface area contributed by atoms with Crippen molar-refractivity contribution in [3.05, 3.63) is 35.4 Å². The molecule has 0 N–H and O–H groups in total. The molecule has 33 heavy (non-hydrogen) atoms. The van der Waals surface area contributed by atoms with E-state index in [4.69, 9.17) is 23.7 Å². The smallest absolute Gasteiger partial charge is 0.337 e. The Kier molecular flexibility index (Phi) is 8.92. The summed E-state index contributed by atoms with van der Waals surface area (Å²) < 4.78 is 31.9. The minimum atomic E-state index is -1.27. The van der Waals surface area contributed by atoms with Crippen molar-refractivity contribution in [2.75, 3.05) is 13.7 Å². The molecule has 1 aliphatic heterocycles. The van der Waals surface area contributed by atoms with Crippen LogP contribution < -0.4 is 0 Å². The van der Waals surface area contributed by atoms with Crippen LogP contribution in [-0.2, 0) is 47.6 Å². The Morgan fingerprint density at radius 3 is 1.76 bits per heavy atom. The summed E-state index contributed by atoms with van der Waals surface area (Å²) in [6.45, 7) is 4.32. The molecule has 5 atom stereocenters. The van der Waals surface area contributed by atoms with E-state index in [2.05, 4.69) is 4.74 Å². The first-order valence-corrected chi connectivity index (χ1v) is 10.0. The highest BCUT2D eigenvalue weighted by Crippen LogP contribution is 2.37. The van der Waals surface area contributed by atoms with Gasteiger partial charge >= 0.3 is 29.8 Å². The Hall–Kier alpha value is -3.47. The summed E-state index contributed by atoms with van der Waals surface area (Å²) in [5, 5.41) is 0. The number of rotatable bonds is 7. The minimum absolute atomic E-state index is 0.270. The van der Waals surface area contributed by atoms with Crippen molar-refractivity contribution in [2.45, 2.75) is 58.2 Å².